The second-order valence-corrected chi connectivity index (χ2v) is 9.49. The van der Waals surface area contributed by atoms with Crippen molar-refractivity contribution in [1.29, 1.82) is 0 Å². The molecule has 1 aliphatic carbocycles. The van der Waals surface area contributed by atoms with Gasteiger partial charge in [0, 0.05) is 64.3 Å². The molecule has 0 spiro atoms. The minimum Gasteiger partial charge on any atom is -0.370 e. The molecule has 1 amide bonds. The Morgan fingerprint density at radius 2 is 1.84 bits per heavy atom. The van der Waals surface area contributed by atoms with Gasteiger partial charge >= 0.3 is 0 Å². The van der Waals surface area contributed by atoms with Crippen LogP contribution in [0.1, 0.15) is 64.7 Å². The average molecular weight is 429 g/mol. The van der Waals surface area contributed by atoms with E-state index in [1.165, 1.54) is 44.9 Å². The molecular formula is C24H40N6O. The van der Waals surface area contributed by atoms with E-state index < -0.39 is 0 Å². The molecule has 1 saturated carbocycles. The molecule has 3 fully saturated rings. The summed E-state index contributed by atoms with van der Waals surface area (Å²) < 4.78 is 0. The summed E-state index contributed by atoms with van der Waals surface area (Å²) in [5, 5.41) is 3.27. The minimum absolute atomic E-state index is 0.358. The van der Waals surface area contributed by atoms with Crippen LogP contribution in [0.4, 0.5) is 11.6 Å². The Labute approximate surface area is 187 Å². The van der Waals surface area contributed by atoms with Crippen molar-refractivity contribution >= 4 is 17.5 Å². The Balaban J connectivity index is 1.21. The maximum atomic E-state index is 12.9. The van der Waals surface area contributed by atoms with Gasteiger partial charge in [-0.1, -0.05) is 19.3 Å². The molecule has 0 radical (unpaired) electrons. The molecule has 0 unspecified atom stereocenters. The molecule has 7 nitrogen and oxygen atoms in total. The van der Waals surface area contributed by atoms with E-state index in [9.17, 15) is 4.79 Å². The Morgan fingerprint density at radius 1 is 1.03 bits per heavy atom. The number of anilines is 2. The Hall–Kier alpha value is -1.89. The quantitative estimate of drug-likeness (QED) is 0.718. The van der Waals surface area contributed by atoms with Crippen molar-refractivity contribution in [3.63, 3.8) is 0 Å². The number of hydrogen-bond acceptors (Lipinski definition) is 6. The van der Waals surface area contributed by atoms with Crippen LogP contribution in [0, 0.1) is 5.92 Å². The van der Waals surface area contributed by atoms with Gasteiger partial charge in [0.15, 0.2) is 0 Å². The van der Waals surface area contributed by atoms with Crippen LogP contribution < -0.4 is 10.2 Å². The smallest absolute Gasteiger partial charge is 0.222 e. The number of amides is 1. The van der Waals surface area contributed by atoms with Crippen LogP contribution in [0.2, 0.25) is 0 Å². The summed E-state index contributed by atoms with van der Waals surface area (Å²) in [6.07, 6.45) is 12.6. The first-order chi connectivity index (χ1) is 15.2. The molecule has 172 valence electrons. The van der Waals surface area contributed by atoms with Crippen molar-refractivity contribution in [2.75, 3.05) is 56.0 Å². The topological polar surface area (TPSA) is 64.6 Å². The standard InChI is InChI=1S/C24H40N6O/c1-2-25-22-17-23(27-19-26-22)30-12-6-7-20(18-30)10-11-24(31)29-15-13-28(14-16-29)21-8-4-3-5-9-21/h17,19-21H,2-16,18H2,1H3,(H,25,26,27)/t20-/m0/s1. The van der Waals surface area contributed by atoms with Crippen molar-refractivity contribution in [1.82, 2.24) is 19.8 Å². The van der Waals surface area contributed by atoms with Crippen LogP contribution in [-0.2, 0) is 4.79 Å². The molecule has 1 atom stereocenters. The lowest BCUT2D eigenvalue weighted by molar-refractivity contribution is -0.133. The zero-order chi connectivity index (χ0) is 21.5. The van der Waals surface area contributed by atoms with Gasteiger partial charge in [-0.25, -0.2) is 9.97 Å². The average Bonchev–Trinajstić information content (AvgIpc) is 2.84. The second-order valence-electron chi connectivity index (χ2n) is 9.49. The van der Waals surface area contributed by atoms with Gasteiger partial charge in [-0.3, -0.25) is 9.69 Å². The van der Waals surface area contributed by atoms with E-state index in [0.29, 0.717) is 18.2 Å². The third kappa shape index (κ3) is 6.09. The molecule has 2 aliphatic heterocycles. The van der Waals surface area contributed by atoms with Crippen molar-refractivity contribution in [2.45, 2.75) is 70.8 Å². The minimum atomic E-state index is 0.358. The predicted molar refractivity (Wildman–Crippen MR) is 125 cm³/mol. The molecule has 0 bridgehead atoms. The number of nitrogens with zero attached hydrogens (tertiary/aromatic N) is 5. The first-order valence-electron chi connectivity index (χ1n) is 12.6. The normalized spacial score (nSPS) is 23.7. The fraction of sp³-hybridized carbons (Fsp3) is 0.792. The predicted octanol–water partition coefficient (Wildman–Crippen LogP) is 3.38. The second kappa shape index (κ2) is 11.1. The summed E-state index contributed by atoms with van der Waals surface area (Å²) in [4.78, 5) is 28.8. The highest BCUT2D eigenvalue weighted by Crippen LogP contribution is 2.27. The highest BCUT2D eigenvalue weighted by atomic mass is 16.2. The van der Waals surface area contributed by atoms with E-state index in [2.05, 4.69) is 36.9 Å². The van der Waals surface area contributed by atoms with E-state index in [0.717, 1.165) is 69.9 Å². The largest absolute Gasteiger partial charge is 0.370 e. The first-order valence-corrected chi connectivity index (χ1v) is 12.6. The van der Waals surface area contributed by atoms with Gasteiger partial charge in [-0.15, -0.1) is 0 Å². The summed E-state index contributed by atoms with van der Waals surface area (Å²) in [5.41, 5.74) is 0. The third-order valence-corrected chi connectivity index (χ3v) is 7.38. The number of nitrogens with one attached hydrogen (secondary N) is 1. The molecule has 7 heteroatoms. The number of hydrogen-bond donors (Lipinski definition) is 1. The molecule has 3 heterocycles. The van der Waals surface area contributed by atoms with Crippen LogP contribution >= 0.6 is 0 Å². The van der Waals surface area contributed by atoms with Crippen LogP contribution in [0.3, 0.4) is 0 Å². The van der Waals surface area contributed by atoms with Crippen molar-refractivity contribution in [3.8, 4) is 0 Å². The molecule has 3 aliphatic rings. The summed E-state index contributed by atoms with van der Waals surface area (Å²) in [7, 11) is 0. The monoisotopic (exact) mass is 428 g/mol. The van der Waals surface area contributed by atoms with Gasteiger partial charge in [0.2, 0.25) is 5.91 Å². The van der Waals surface area contributed by atoms with Gasteiger partial charge in [-0.05, 0) is 44.9 Å². The number of aromatic nitrogens is 2. The Bertz CT molecular complexity index is 699. The van der Waals surface area contributed by atoms with Gasteiger partial charge in [0.05, 0.1) is 0 Å². The molecule has 1 aromatic heterocycles. The van der Waals surface area contributed by atoms with E-state index in [1.807, 2.05) is 6.07 Å². The lowest BCUT2D eigenvalue weighted by atomic mass is 9.92. The molecular weight excluding hydrogens is 388 g/mol. The third-order valence-electron chi connectivity index (χ3n) is 7.38. The number of rotatable bonds is 7. The Kier molecular flexibility index (Phi) is 8.00. The van der Waals surface area contributed by atoms with Crippen LogP contribution in [0.15, 0.2) is 12.4 Å². The summed E-state index contributed by atoms with van der Waals surface area (Å²) in [6, 6.07) is 2.82. The molecule has 1 aromatic rings. The fourth-order valence-electron chi connectivity index (χ4n) is 5.57. The van der Waals surface area contributed by atoms with Crippen LogP contribution in [0.5, 0.6) is 0 Å². The van der Waals surface area contributed by atoms with Crippen molar-refractivity contribution in [3.05, 3.63) is 12.4 Å². The molecule has 0 aromatic carbocycles. The van der Waals surface area contributed by atoms with Gasteiger partial charge in [0.1, 0.15) is 18.0 Å². The van der Waals surface area contributed by atoms with E-state index >= 15 is 0 Å². The maximum Gasteiger partial charge on any atom is 0.222 e. The summed E-state index contributed by atoms with van der Waals surface area (Å²) >= 11 is 0. The molecule has 4 rings (SSSR count). The van der Waals surface area contributed by atoms with Crippen LogP contribution in [0.25, 0.3) is 0 Å². The Morgan fingerprint density at radius 3 is 2.61 bits per heavy atom. The lowest BCUT2D eigenvalue weighted by Crippen LogP contribution is -2.52. The number of piperazine rings is 1. The molecule has 31 heavy (non-hydrogen) atoms. The number of piperidine rings is 1. The lowest BCUT2D eigenvalue weighted by Gasteiger charge is -2.41. The van der Waals surface area contributed by atoms with E-state index in [4.69, 9.17) is 0 Å². The number of carbonyl (C=O) groups excluding carboxylic acids is 1. The zero-order valence-corrected chi connectivity index (χ0v) is 19.3. The first kappa shape index (κ1) is 22.3. The van der Waals surface area contributed by atoms with Gasteiger partial charge in [-0.2, -0.15) is 0 Å². The number of carbonyl (C=O) groups is 1. The SMILES string of the molecule is CCNc1cc(N2CCC[C@@H](CCC(=O)N3CCN(C4CCCCC4)CC3)C2)ncn1. The van der Waals surface area contributed by atoms with Gasteiger partial charge < -0.3 is 15.1 Å². The highest BCUT2D eigenvalue weighted by Gasteiger charge is 2.28. The molecule has 1 N–H and O–H groups in total. The van der Waals surface area contributed by atoms with Crippen LogP contribution in [-0.4, -0.2) is 77.5 Å². The van der Waals surface area contributed by atoms with E-state index in [1.54, 1.807) is 6.33 Å². The zero-order valence-electron chi connectivity index (χ0n) is 19.3. The fourth-order valence-corrected chi connectivity index (χ4v) is 5.57. The summed E-state index contributed by atoms with van der Waals surface area (Å²) in [6.45, 7) is 8.93. The summed E-state index contributed by atoms with van der Waals surface area (Å²) in [5.74, 6) is 2.81. The van der Waals surface area contributed by atoms with Crippen molar-refractivity contribution in [2.24, 2.45) is 5.92 Å². The highest BCUT2D eigenvalue weighted by molar-refractivity contribution is 5.76. The van der Waals surface area contributed by atoms with E-state index in [-0.39, 0.29) is 0 Å². The van der Waals surface area contributed by atoms with Gasteiger partial charge in [0.25, 0.3) is 0 Å². The van der Waals surface area contributed by atoms with Crippen molar-refractivity contribution < 1.29 is 4.79 Å². The maximum absolute atomic E-state index is 12.9. The molecule has 2 saturated heterocycles.